The lowest BCUT2D eigenvalue weighted by Crippen LogP contribution is -2.12. The van der Waals surface area contributed by atoms with Crippen LogP contribution in [0.3, 0.4) is 0 Å². The van der Waals surface area contributed by atoms with Gasteiger partial charge in [-0.2, -0.15) is 5.10 Å². The summed E-state index contributed by atoms with van der Waals surface area (Å²) >= 11 is 6.33. The molecule has 0 saturated heterocycles. The highest BCUT2D eigenvalue weighted by Crippen LogP contribution is 2.31. The van der Waals surface area contributed by atoms with Crippen LogP contribution in [0.15, 0.2) is 61.1 Å². The van der Waals surface area contributed by atoms with E-state index in [1.165, 1.54) is 37.6 Å². The van der Waals surface area contributed by atoms with Crippen LogP contribution in [0.5, 0.6) is 5.75 Å². The minimum absolute atomic E-state index is 0.204. The maximum Gasteiger partial charge on any atom is 0.255 e. The molecule has 4 rings (SSSR count). The van der Waals surface area contributed by atoms with Crippen molar-refractivity contribution in [3.63, 3.8) is 0 Å². The summed E-state index contributed by atoms with van der Waals surface area (Å²) in [4.78, 5) is 21.4. The van der Waals surface area contributed by atoms with Gasteiger partial charge in [0.2, 0.25) is 5.95 Å². The fourth-order valence-corrected chi connectivity index (χ4v) is 3.37. The molecule has 0 spiro atoms. The van der Waals surface area contributed by atoms with E-state index in [2.05, 4.69) is 25.7 Å². The zero-order chi connectivity index (χ0) is 24.2. The van der Waals surface area contributed by atoms with E-state index >= 15 is 0 Å². The van der Waals surface area contributed by atoms with E-state index in [1.54, 1.807) is 24.4 Å². The normalized spacial score (nSPS) is 10.9. The van der Waals surface area contributed by atoms with Gasteiger partial charge in [0, 0.05) is 29.1 Å². The molecule has 2 heterocycles. The van der Waals surface area contributed by atoms with E-state index in [9.17, 15) is 9.18 Å². The predicted molar refractivity (Wildman–Crippen MR) is 129 cm³/mol. The maximum atomic E-state index is 13.1. The fourth-order valence-electron chi connectivity index (χ4n) is 3.17. The predicted octanol–water partition coefficient (Wildman–Crippen LogP) is 5.72. The molecular weight excluding hydrogens is 459 g/mol. The SMILES string of the molecule is COc1cc(C(=O)Nc2ccc(F)cc2)ccc1Nc1ncc(Cl)c(-c2cnn(C(C)C)c2)n1. The zero-order valence-corrected chi connectivity index (χ0v) is 19.5. The number of rotatable bonds is 7. The smallest absolute Gasteiger partial charge is 0.255 e. The van der Waals surface area contributed by atoms with Crippen LogP contribution in [0.2, 0.25) is 5.02 Å². The summed E-state index contributed by atoms with van der Waals surface area (Å²) in [6, 6.07) is 10.6. The molecule has 0 fully saturated rings. The number of hydrogen-bond acceptors (Lipinski definition) is 6. The highest BCUT2D eigenvalue weighted by Gasteiger charge is 2.15. The molecule has 4 aromatic rings. The van der Waals surface area contributed by atoms with Crippen LogP contribution in [0.1, 0.15) is 30.2 Å². The first-order valence-electron chi connectivity index (χ1n) is 10.4. The third-order valence-corrected chi connectivity index (χ3v) is 5.24. The molecule has 0 saturated carbocycles. The molecule has 0 aliphatic heterocycles. The van der Waals surface area contributed by atoms with Gasteiger partial charge >= 0.3 is 0 Å². The standard InChI is InChI=1S/C24H22ClFN6O2/c1-14(2)32-13-16(11-28-32)22-19(25)12-27-24(31-22)30-20-9-4-15(10-21(20)34-3)23(33)29-18-7-5-17(26)6-8-18/h4-14H,1-3H3,(H,29,33)(H,27,30,31). The maximum absolute atomic E-state index is 13.1. The van der Waals surface area contributed by atoms with Crippen LogP contribution < -0.4 is 15.4 Å². The summed E-state index contributed by atoms with van der Waals surface area (Å²) < 4.78 is 20.4. The average Bonchev–Trinajstić information content (AvgIpc) is 3.32. The molecular formula is C24H22ClFN6O2. The Hall–Kier alpha value is -3.98. The summed E-state index contributed by atoms with van der Waals surface area (Å²) in [5, 5.41) is 10.6. The average molecular weight is 481 g/mol. The number of ether oxygens (including phenoxy) is 1. The number of aromatic nitrogens is 4. The Morgan fingerprint density at radius 1 is 1.15 bits per heavy atom. The molecule has 34 heavy (non-hydrogen) atoms. The summed E-state index contributed by atoms with van der Waals surface area (Å²) in [6.07, 6.45) is 5.08. The van der Waals surface area contributed by atoms with Crippen molar-refractivity contribution in [2.45, 2.75) is 19.9 Å². The Labute approximate surface area is 200 Å². The Morgan fingerprint density at radius 3 is 2.59 bits per heavy atom. The summed E-state index contributed by atoms with van der Waals surface area (Å²) in [6.45, 7) is 4.06. The summed E-state index contributed by atoms with van der Waals surface area (Å²) in [5.41, 5.74) is 2.72. The van der Waals surface area contributed by atoms with Crippen LogP contribution in [-0.4, -0.2) is 32.8 Å². The lowest BCUT2D eigenvalue weighted by atomic mass is 10.1. The van der Waals surface area contributed by atoms with Gasteiger partial charge in [0.1, 0.15) is 11.6 Å². The van der Waals surface area contributed by atoms with E-state index in [4.69, 9.17) is 16.3 Å². The van der Waals surface area contributed by atoms with Gasteiger partial charge in [-0.25, -0.2) is 14.4 Å². The van der Waals surface area contributed by atoms with Gasteiger partial charge in [0.25, 0.3) is 5.91 Å². The van der Waals surface area contributed by atoms with E-state index in [0.29, 0.717) is 39.4 Å². The molecule has 174 valence electrons. The number of methoxy groups -OCH3 is 1. The molecule has 0 atom stereocenters. The second-order valence-electron chi connectivity index (χ2n) is 7.69. The number of anilines is 3. The molecule has 2 aromatic carbocycles. The molecule has 2 N–H and O–H groups in total. The van der Waals surface area contributed by atoms with Crippen molar-refractivity contribution in [2.75, 3.05) is 17.7 Å². The Balaban J connectivity index is 1.55. The second-order valence-corrected chi connectivity index (χ2v) is 8.10. The number of nitrogens with zero attached hydrogens (tertiary/aromatic N) is 4. The van der Waals surface area contributed by atoms with Crippen molar-refractivity contribution < 1.29 is 13.9 Å². The topological polar surface area (TPSA) is 94.0 Å². The van der Waals surface area contributed by atoms with E-state index < -0.39 is 0 Å². The summed E-state index contributed by atoms with van der Waals surface area (Å²) in [7, 11) is 1.50. The molecule has 0 unspecified atom stereocenters. The van der Waals surface area contributed by atoms with Crippen LogP contribution >= 0.6 is 11.6 Å². The van der Waals surface area contributed by atoms with Gasteiger partial charge in [0.15, 0.2) is 0 Å². The van der Waals surface area contributed by atoms with Crippen molar-refractivity contribution in [3.8, 4) is 17.0 Å². The Morgan fingerprint density at radius 2 is 1.91 bits per heavy atom. The van der Waals surface area contributed by atoms with Crippen molar-refractivity contribution >= 4 is 34.8 Å². The fraction of sp³-hybridized carbons (Fsp3) is 0.167. The first kappa shape index (κ1) is 23.2. The molecule has 10 heteroatoms. The van der Waals surface area contributed by atoms with Crippen molar-refractivity contribution in [3.05, 3.63) is 77.5 Å². The third kappa shape index (κ3) is 5.15. The van der Waals surface area contributed by atoms with Gasteiger partial charge in [-0.05, 0) is 56.3 Å². The monoisotopic (exact) mass is 480 g/mol. The first-order chi connectivity index (χ1) is 16.3. The lowest BCUT2D eigenvalue weighted by molar-refractivity contribution is 0.102. The molecule has 0 aliphatic rings. The number of amides is 1. The molecule has 1 amide bonds. The third-order valence-electron chi connectivity index (χ3n) is 4.96. The molecule has 2 aromatic heterocycles. The highest BCUT2D eigenvalue weighted by atomic mass is 35.5. The van der Waals surface area contributed by atoms with Gasteiger partial charge in [0.05, 0.1) is 35.9 Å². The molecule has 0 bridgehead atoms. The van der Waals surface area contributed by atoms with Gasteiger partial charge in [-0.1, -0.05) is 11.6 Å². The quantitative estimate of drug-likeness (QED) is 0.351. The molecule has 8 nitrogen and oxygen atoms in total. The number of carbonyl (C=O) groups is 1. The van der Waals surface area contributed by atoms with Gasteiger partial charge in [-0.15, -0.1) is 0 Å². The van der Waals surface area contributed by atoms with Gasteiger partial charge in [-0.3, -0.25) is 9.48 Å². The number of hydrogen-bond donors (Lipinski definition) is 2. The van der Waals surface area contributed by atoms with Crippen LogP contribution in [0.25, 0.3) is 11.3 Å². The Bertz CT molecular complexity index is 1320. The molecule has 0 aliphatic carbocycles. The van der Waals surface area contributed by atoms with Crippen molar-refractivity contribution in [2.24, 2.45) is 0 Å². The minimum Gasteiger partial charge on any atom is -0.495 e. The number of benzene rings is 2. The second kappa shape index (κ2) is 9.88. The van der Waals surface area contributed by atoms with Crippen molar-refractivity contribution in [1.82, 2.24) is 19.7 Å². The Kier molecular flexibility index (Phi) is 6.74. The van der Waals surface area contributed by atoms with Crippen LogP contribution in [-0.2, 0) is 0 Å². The lowest BCUT2D eigenvalue weighted by Gasteiger charge is -2.13. The van der Waals surface area contributed by atoms with Gasteiger partial charge < -0.3 is 15.4 Å². The number of nitrogens with one attached hydrogen (secondary N) is 2. The number of halogens is 2. The van der Waals surface area contributed by atoms with E-state index in [-0.39, 0.29) is 17.8 Å². The van der Waals surface area contributed by atoms with Crippen LogP contribution in [0.4, 0.5) is 21.7 Å². The minimum atomic E-state index is -0.378. The van der Waals surface area contributed by atoms with Crippen LogP contribution in [0, 0.1) is 5.82 Å². The zero-order valence-electron chi connectivity index (χ0n) is 18.7. The largest absolute Gasteiger partial charge is 0.495 e. The first-order valence-corrected chi connectivity index (χ1v) is 10.8. The number of carbonyl (C=O) groups excluding carboxylic acids is 1. The summed E-state index contributed by atoms with van der Waals surface area (Å²) in [5.74, 6) is -0.0157. The van der Waals surface area contributed by atoms with E-state index in [1.807, 2.05) is 24.7 Å². The van der Waals surface area contributed by atoms with Crippen molar-refractivity contribution in [1.29, 1.82) is 0 Å². The highest BCUT2D eigenvalue weighted by molar-refractivity contribution is 6.32. The van der Waals surface area contributed by atoms with E-state index in [0.717, 1.165) is 5.56 Å². The molecule has 0 radical (unpaired) electrons.